The first-order valence-corrected chi connectivity index (χ1v) is 36.7. The van der Waals surface area contributed by atoms with E-state index in [-0.39, 0.29) is 102 Å². The van der Waals surface area contributed by atoms with Crippen LogP contribution in [0.1, 0.15) is 374 Å². The number of carbonyl (C=O) groups is 6. The number of hydrogen-bond acceptors (Lipinski definition) is 13. The Bertz CT molecular complexity index is 1410. The smallest absolute Gasteiger partial charge is 0.332 e. The molecule has 0 aromatic carbocycles. The Kier molecular flexibility index (Phi) is 65.4. The number of rotatable bonds is 70. The third-order valence-electron chi connectivity index (χ3n) is 16.4. The zero-order valence-electron chi connectivity index (χ0n) is 56.6. The Morgan fingerprint density at radius 3 is 0.779 bits per heavy atom. The van der Waals surface area contributed by atoms with E-state index in [0.717, 1.165) is 77.0 Å². The maximum Gasteiger partial charge on any atom is 0.332 e. The van der Waals surface area contributed by atoms with Crippen LogP contribution in [0.4, 0.5) is 0 Å². The number of unbranched alkanes of at least 4 members (excludes halogenated alkanes) is 44. The Morgan fingerprint density at radius 1 is 0.244 bits per heavy atom. The molecule has 0 aromatic heterocycles. The molecule has 86 heavy (non-hydrogen) atoms. The van der Waals surface area contributed by atoms with Crippen LogP contribution in [0, 0.1) is 0 Å². The van der Waals surface area contributed by atoms with Crippen molar-refractivity contribution in [2.24, 2.45) is 0 Å². The highest BCUT2D eigenvalue weighted by molar-refractivity contribution is 5.79. The maximum absolute atomic E-state index is 13.0. The number of hydrogen-bond donors (Lipinski definition) is 0. The van der Waals surface area contributed by atoms with E-state index >= 15 is 0 Å². The first-order chi connectivity index (χ1) is 42.1. The minimum atomic E-state index is -0.942. The van der Waals surface area contributed by atoms with E-state index < -0.39 is 24.1 Å². The minimum Gasteiger partial charge on any atom is -0.462 e. The van der Waals surface area contributed by atoms with Crippen molar-refractivity contribution in [1.82, 2.24) is 0 Å². The third kappa shape index (κ3) is 63.9. The van der Waals surface area contributed by atoms with Crippen LogP contribution in [-0.2, 0) is 61.9 Å². The van der Waals surface area contributed by atoms with E-state index in [1.165, 1.54) is 225 Å². The van der Waals surface area contributed by atoms with Gasteiger partial charge in [0.2, 0.25) is 0 Å². The van der Waals surface area contributed by atoms with Gasteiger partial charge < -0.3 is 33.2 Å². The summed E-state index contributed by atoms with van der Waals surface area (Å²) in [6.45, 7) is 7.88. The molecule has 0 aromatic rings. The molecule has 0 amide bonds. The lowest BCUT2D eigenvalue weighted by atomic mass is 10.0. The van der Waals surface area contributed by atoms with Gasteiger partial charge in [0, 0.05) is 32.1 Å². The fourth-order valence-corrected chi connectivity index (χ4v) is 10.8. The highest BCUT2D eigenvalue weighted by Gasteiger charge is 2.21. The van der Waals surface area contributed by atoms with Crippen LogP contribution in [0.2, 0.25) is 0 Å². The molecule has 13 heteroatoms. The molecule has 0 spiro atoms. The lowest BCUT2D eigenvalue weighted by molar-refractivity contribution is -0.168. The van der Waals surface area contributed by atoms with Gasteiger partial charge in [-0.3, -0.25) is 24.0 Å². The molecule has 0 aliphatic carbocycles. The predicted molar refractivity (Wildman–Crippen MR) is 351 cm³/mol. The summed E-state index contributed by atoms with van der Waals surface area (Å²) < 4.78 is 39.0. The normalized spacial score (nSPS) is 12.0. The molecule has 0 fully saturated rings. The van der Waals surface area contributed by atoms with E-state index in [9.17, 15) is 28.8 Å². The fourth-order valence-electron chi connectivity index (χ4n) is 10.8. The first-order valence-electron chi connectivity index (χ1n) is 36.7. The Morgan fingerprint density at radius 2 is 0.477 bits per heavy atom. The lowest BCUT2D eigenvalue weighted by Gasteiger charge is -2.18. The Hall–Kier alpha value is -3.06. The fraction of sp³-hybridized carbons (Fsp3) is 0.918. The molecule has 0 bridgehead atoms. The number of carbonyl (C=O) groups excluding carboxylic acids is 6. The second-order valence-electron chi connectivity index (χ2n) is 25.0. The third-order valence-corrected chi connectivity index (χ3v) is 16.4. The second kappa shape index (κ2) is 67.9. The number of ketones is 1. The number of ether oxygens (including phenoxy) is 7. The van der Waals surface area contributed by atoms with Gasteiger partial charge in [-0.05, 0) is 32.1 Å². The molecule has 0 saturated heterocycles. The highest BCUT2D eigenvalue weighted by atomic mass is 16.6. The Labute approximate surface area is 528 Å². The summed E-state index contributed by atoms with van der Waals surface area (Å²) in [7, 11) is 0. The van der Waals surface area contributed by atoms with Crippen LogP contribution in [-0.4, -0.2) is 94.1 Å². The highest BCUT2D eigenvalue weighted by Crippen LogP contribution is 2.18. The van der Waals surface area contributed by atoms with Crippen molar-refractivity contribution < 1.29 is 61.9 Å². The van der Waals surface area contributed by atoms with Crippen molar-refractivity contribution >= 4 is 35.6 Å². The molecule has 2 atom stereocenters. The summed E-state index contributed by atoms with van der Waals surface area (Å²) >= 11 is 0. The van der Waals surface area contributed by atoms with Crippen LogP contribution in [0.15, 0.2) is 0 Å². The standard InChI is InChI=1S/C73H136O13/c1-5-9-13-17-21-25-29-33-37-41-45-49-53-69(75)82-62-67(85-71(77)55-51-47-43-39-35-31-27-23-19-15-11-7-3)58-57-66(74)61-80-59-60-81-65-73(79)84-64-68(86-72(78)56-52-48-44-40-36-32-28-24-20-16-12-8-4)63-83-70(76)54-50-46-42-38-34-30-26-22-18-14-10-6-2/h67-68H,5-65H2,1-4H3. The van der Waals surface area contributed by atoms with Crippen LogP contribution in [0.25, 0.3) is 0 Å². The molecular weight excluding hydrogens is 1080 g/mol. The molecule has 13 nitrogen and oxygen atoms in total. The zero-order valence-corrected chi connectivity index (χ0v) is 56.6. The molecule has 0 rings (SSSR count). The van der Waals surface area contributed by atoms with Crippen LogP contribution < -0.4 is 0 Å². The molecular formula is C73H136O13. The number of esters is 5. The van der Waals surface area contributed by atoms with Gasteiger partial charge in [0.25, 0.3) is 0 Å². The van der Waals surface area contributed by atoms with Crippen LogP contribution in [0.5, 0.6) is 0 Å². The molecule has 0 aliphatic heterocycles. The van der Waals surface area contributed by atoms with E-state index in [4.69, 9.17) is 33.2 Å². The second-order valence-corrected chi connectivity index (χ2v) is 25.0. The summed E-state index contributed by atoms with van der Waals surface area (Å²) in [5, 5.41) is 0. The average Bonchev–Trinajstić information content (AvgIpc) is 3.52. The molecule has 0 radical (unpaired) electrons. The summed E-state index contributed by atoms with van der Waals surface area (Å²) in [5.74, 6) is -2.32. The minimum absolute atomic E-state index is 0.0189. The van der Waals surface area contributed by atoms with E-state index in [1.807, 2.05) is 0 Å². The Balaban J connectivity index is 4.90. The van der Waals surface area contributed by atoms with Gasteiger partial charge in [-0.15, -0.1) is 0 Å². The summed E-state index contributed by atoms with van der Waals surface area (Å²) in [5.41, 5.74) is 0. The van der Waals surface area contributed by atoms with E-state index in [1.54, 1.807) is 0 Å². The quantitative estimate of drug-likeness (QED) is 0.0321. The summed E-state index contributed by atoms with van der Waals surface area (Å²) in [4.78, 5) is 77.0. The largest absolute Gasteiger partial charge is 0.462 e. The molecule has 0 N–H and O–H groups in total. The van der Waals surface area contributed by atoms with Gasteiger partial charge in [-0.1, -0.05) is 310 Å². The lowest BCUT2D eigenvalue weighted by Crippen LogP contribution is -2.31. The summed E-state index contributed by atoms with van der Waals surface area (Å²) in [6, 6.07) is 0. The monoisotopic (exact) mass is 1220 g/mol. The SMILES string of the molecule is CCCCCCCCCCCCCCC(=O)OCC(CCC(=O)COCCOCC(=O)OCC(COC(=O)CCCCCCCCCCCCCC)OC(=O)CCCCCCCCCCCCCC)OC(=O)CCCCCCCCCCCCCC. The topological polar surface area (TPSA) is 167 Å². The molecule has 0 saturated carbocycles. The van der Waals surface area contributed by atoms with E-state index in [0.29, 0.717) is 12.8 Å². The van der Waals surface area contributed by atoms with Crippen LogP contribution >= 0.6 is 0 Å². The van der Waals surface area contributed by atoms with Gasteiger partial charge in [-0.25, -0.2) is 4.79 Å². The average molecular weight is 1220 g/mol. The first kappa shape index (κ1) is 82.9. The van der Waals surface area contributed by atoms with E-state index in [2.05, 4.69) is 27.7 Å². The van der Waals surface area contributed by atoms with Gasteiger partial charge in [0.1, 0.15) is 39.1 Å². The predicted octanol–water partition coefficient (Wildman–Crippen LogP) is 20.2. The molecule has 2 unspecified atom stereocenters. The molecule has 0 heterocycles. The molecule has 506 valence electrons. The van der Waals surface area contributed by atoms with Crippen molar-refractivity contribution in [3.63, 3.8) is 0 Å². The van der Waals surface area contributed by atoms with Crippen molar-refractivity contribution in [3.8, 4) is 0 Å². The maximum atomic E-state index is 13.0. The van der Waals surface area contributed by atoms with Gasteiger partial charge >= 0.3 is 29.8 Å². The van der Waals surface area contributed by atoms with Gasteiger partial charge in [0.15, 0.2) is 11.9 Å². The zero-order chi connectivity index (χ0) is 62.7. The summed E-state index contributed by atoms with van der Waals surface area (Å²) in [6.07, 6.45) is 57.1. The van der Waals surface area contributed by atoms with Crippen molar-refractivity contribution in [1.29, 1.82) is 0 Å². The van der Waals surface area contributed by atoms with Gasteiger partial charge in [0.05, 0.1) is 13.2 Å². The van der Waals surface area contributed by atoms with Crippen LogP contribution in [0.3, 0.4) is 0 Å². The van der Waals surface area contributed by atoms with Crippen molar-refractivity contribution in [2.75, 3.05) is 46.2 Å². The number of Topliss-reactive ketones (excluding diaryl/α,β-unsaturated/α-hetero) is 1. The molecule has 0 aliphatic rings. The van der Waals surface area contributed by atoms with Crippen molar-refractivity contribution in [3.05, 3.63) is 0 Å². The van der Waals surface area contributed by atoms with Gasteiger partial charge in [-0.2, -0.15) is 0 Å². The van der Waals surface area contributed by atoms with Crippen molar-refractivity contribution in [2.45, 2.75) is 387 Å².